The molecule has 2 aliphatic rings. The molecule has 324 valence electrons. The zero-order valence-electron chi connectivity index (χ0n) is 35.7. The van der Waals surface area contributed by atoms with Crippen LogP contribution in [0.4, 0.5) is 11.8 Å². The number of aromatic hydroxyl groups is 1. The van der Waals surface area contributed by atoms with E-state index in [-0.39, 0.29) is 42.5 Å². The van der Waals surface area contributed by atoms with Gasteiger partial charge in [-0.15, -0.1) is 21.5 Å². The zero-order chi connectivity index (χ0) is 43.9. The van der Waals surface area contributed by atoms with Gasteiger partial charge in [0.15, 0.2) is 0 Å². The number of anilines is 2. The predicted octanol–water partition coefficient (Wildman–Crippen LogP) is 6.12. The van der Waals surface area contributed by atoms with E-state index in [9.17, 15) is 19.8 Å². The predicted molar refractivity (Wildman–Crippen MR) is 240 cm³/mol. The highest BCUT2D eigenvalue weighted by Gasteiger charge is 2.43. The van der Waals surface area contributed by atoms with Crippen molar-refractivity contribution >= 4 is 46.0 Å². The maximum absolute atomic E-state index is 14.3. The van der Waals surface area contributed by atoms with Gasteiger partial charge < -0.3 is 39.3 Å². The quantitative estimate of drug-likeness (QED) is 0.135. The fourth-order valence-electron chi connectivity index (χ4n) is 8.67. The Balaban J connectivity index is 0.832. The minimum absolute atomic E-state index is 0.0420. The number of nitrogens with zero attached hydrogens (tertiary/aromatic N) is 10. The van der Waals surface area contributed by atoms with Gasteiger partial charge in [0.2, 0.25) is 17.8 Å². The number of aromatic nitrogens is 7. The third-order valence-corrected chi connectivity index (χ3v) is 13.2. The first kappa shape index (κ1) is 41.6. The van der Waals surface area contributed by atoms with Gasteiger partial charge in [0.25, 0.3) is 0 Å². The number of hydrogen-bond acceptors (Lipinski definition) is 14. The summed E-state index contributed by atoms with van der Waals surface area (Å²) in [7, 11) is 2.01. The first-order valence-electron chi connectivity index (χ1n) is 21.1. The number of hydrogen-bond donors (Lipinski definition) is 3. The first-order valence-corrected chi connectivity index (χ1v) is 22.0. The van der Waals surface area contributed by atoms with E-state index in [1.54, 1.807) is 41.9 Å². The molecule has 7 heterocycles. The summed E-state index contributed by atoms with van der Waals surface area (Å²) in [5.74, 6) is 0.592. The van der Waals surface area contributed by atoms with Crippen LogP contribution in [0.1, 0.15) is 56.2 Å². The fourth-order valence-corrected chi connectivity index (χ4v) is 9.48. The van der Waals surface area contributed by atoms with Gasteiger partial charge in [-0.2, -0.15) is 0 Å². The first-order chi connectivity index (χ1) is 30.4. The largest absolute Gasteiger partial charge is 0.507 e. The van der Waals surface area contributed by atoms with Crippen molar-refractivity contribution in [3.05, 3.63) is 102 Å². The van der Waals surface area contributed by atoms with Crippen molar-refractivity contribution in [1.29, 1.82) is 0 Å². The number of piperazine rings is 1. The number of carbonyl (C=O) groups excluding carboxylic acids is 2. The fraction of sp³-hybridized carbons (Fsp3) is 0.348. The zero-order valence-corrected chi connectivity index (χ0v) is 36.5. The average molecular weight is 868 g/mol. The van der Waals surface area contributed by atoms with Gasteiger partial charge in [0.05, 0.1) is 39.4 Å². The number of phenolic OH excluding ortho intramolecular Hbond substituents is 1. The van der Waals surface area contributed by atoms with Crippen LogP contribution < -0.4 is 15.1 Å². The number of para-hydroxylation sites is 1. The molecule has 2 fully saturated rings. The van der Waals surface area contributed by atoms with Crippen LogP contribution in [0.5, 0.6) is 5.75 Å². The summed E-state index contributed by atoms with van der Waals surface area (Å²) in [5.41, 5.74) is 8.87. The number of benzene rings is 2. The molecule has 0 bridgehead atoms. The summed E-state index contributed by atoms with van der Waals surface area (Å²) in [6.45, 7) is 10.7. The molecule has 0 aliphatic carbocycles. The van der Waals surface area contributed by atoms with Crippen LogP contribution in [0.25, 0.3) is 44.0 Å². The second-order valence-corrected chi connectivity index (χ2v) is 17.5. The van der Waals surface area contributed by atoms with Crippen molar-refractivity contribution in [1.82, 2.24) is 45.1 Å². The standard InChI is InChI=1S/C46H49N11O5S/c1-26(2)42(45(61)57-24-32(58)18-38(57)44(60)50-27(3)29-10-12-30(13-11-29)43-28(4)49-25-63-43)40-20-34(53-62-40)31-22-47-46(48-23-31)56-16-14-55(15-17-56)41-21-36-37(54(41)5)19-35(51-52-36)33-8-6-7-9-39(33)59/h6-13,19-23,25-27,32,38,42,58-59H,14-18,24H2,1-5H3,(H,50,60)/t27-,32+,38-,42+/m0/s1. The monoisotopic (exact) mass is 867 g/mol. The van der Waals surface area contributed by atoms with E-state index >= 15 is 0 Å². The summed E-state index contributed by atoms with van der Waals surface area (Å²) in [6.07, 6.45) is 2.72. The minimum atomic E-state index is -0.841. The summed E-state index contributed by atoms with van der Waals surface area (Å²) >= 11 is 1.59. The van der Waals surface area contributed by atoms with E-state index in [1.807, 2.05) is 88.8 Å². The van der Waals surface area contributed by atoms with Crippen molar-refractivity contribution in [2.75, 3.05) is 42.5 Å². The van der Waals surface area contributed by atoms with Crippen molar-refractivity contribution in [2.45, 2.75) is 58.2 Å². The van der Waals surface area contributed by atoms with E-state index in [2.05, 4.69) is 50.0 Å². The number of rotatable bonds is 11. The molecular weight excluding hydrogens is 819 g/mol. The van der Waals surface area contributed by atoms with Gasteiger partial charge >= 0.3 is 0 Å². The average Bonchev–Trinajstić information content (AvgIpc) is 4.11. The van der Waals surface area contributed by atoms with Crippen molar-refractivity contribution in [2.24, 2.45) is 13.0 Å². The highest BCUT2D eigenvalue weighted by Crippen LogP contribution is 2.35. The Morgan fingerprint density at radius 2 is 1.62 bits per heavy atom. The van der Waals surface area contributed by atoms with Crippen molar-refractivity contribution in [3.8, 4) is 38.7 Å². The lowest BCUT2D eigenvalue weighted by molar-refractivity contribution is -0.141. The Labute approximate surface area is 368 Å². The van der Waals surface area contributed by atoms with Gasteiger partial charge in [0.1, 0.15) is 40.5 Å². The number of fused-ring (bicyclic) bond motifs is 1. The number of phenols is 1. The van der Waals surface area contributed by atoms with Crippen LogP contribution in [0, 0.1) is 12.8 Å². The smallest absolute Gasteiger partial charge is 0.243 e. The topological polar surface area (TPSA) is 192 Å². The molecule has 2 aliphatic heterocycles. The lowest BCUT2D eigenvalue weighted by Gasteiger charge is -2.36. The van der Waals surface area contributed by atoms with Gasteiger partial charge in [-0.05, 0) is 49.1 Å². The molecule has 2 amide bonds. The molecule has 0 spiro atoms. The Morgan fingerprint density at radius 3 is 2.32 bits per heavy atom. The summed E-state index contributed by atoms with van der Waals surface area (Å²) < 4.78 is 7.93. The van der Waals surface area contributed by atoms with E-state index in [1.165, 1.54) is 4.90 Å². The van der Waals surface area contributed by atoms with Crippen LogP contribution in [0.3, 0.4) is 0 Å². The Bertz CT molecular complexity index is 2760. The third kappa shape index (κ3) is 8.21. The maximum Gasteiger partial charge on any atom is 0.243 e. The van der Waals surface area contributed by atoms with E-state index in [4.69, 9.17) is 4.52 Å². The van der Waals surface area contributed by atoms with Gasteiger partial charge in [-0.25, -0.2) is 15.0 Å². The Morgan fingerprint density at radius 1 is 0.889 bits per heavy atom. The lowest BCUT2D eigenvalue weighted by Crippen LogP contribution is -2.48. The molecule has 4 atom stereocenters. The molecule has 0 radical (unpaired) electrons. The molecule has 16 nitrogen and oxygen atoms in total. The number of aryl methyl sites for hydroxylation is 2. The number of aliphatic hydroxyl groups is 1. The molecule has 7 aromatic rings. The van der Waals surface area contributed by atoms with Crippen LogP contribution in [0.2, 0.25) is 0 Å². The van der Waals surface area contributed by atoms with Crippen LogP contribution in [-0.2, 0) is 16.6 Å². The number of carbonyl (C=O) groups is 2. The number of likely N-dealkylation sites (tertiary alicyclic amines) is 1. The van der Waals surface area contributed by atoms with E-state index < -0.39 is 18.1 Å². The van der Waals surface area contributed by atoms with Crippen molar-refractivity contribution < 1.29 is 24.3 Å². The molecular formula is C46H49N11O5S. The molecule has 0 unspecified atom stereocenters. The highest BCUT2D eigenvalue weighted by molar-refractivity contribution is 7.13. The summed E-state index contributed by atoms with van der Waals surface area (Å²) in [5, 5.41) is 37.3. The minimum Gasteiger partial charge on any atom is -0.507 e. The van der Waals surface area contributed by atoms with E-state index in [0.717, 1.165) is 51.6 Å². The normalized spacial score (nSPS) is 17.7. The van der Waals surface area contributed by atoms with Crippen LogP contribution in [0.15, 0.2) is 89.2 Å². The number of thiazole rings is 1. The number of nitrogens with one attached hydrogen (secondary N) is 1. The molecule has 2 aromatic carbocycles. The molecule has 0 saturated carbocycles. The van der Waals surface area contributed by atoms with Gasteiger partial charge in [0, 0.05) is 81.8 Å². The second-order valence-electron chi connectivity index (χ2n) is 16.7. The van der Waals surface area contributed by atoms with Crippen LogP contribution in [-0.4, -0.2) is 107 Å². The third-order valence-electron chi connectivity index (χ3n) is 12.2. The number of amides is 2. The SMILES string of the molecule is Cc1ncsc1-c1ccc([C@H](C)NC(=O)[C@@H]2C[C@@H](O)CN2C(=O)[C@@H](c2cc(-c3cnc(N4CCN(c5cc6nnc(-c7ccccc7O)cc6n5C)CC4)nc3)no2)C(C)C)cc1. The molecule has 5 aromatic heterocycles. The van der Waals surface area contributed by atoms with Gasteiger partial charge in [-0.1, -0.05) is 55.4 Å². The van der Waals surface area contributed by atoms with Crippen LogP contribution >= 0.6 is 11.3 Å². The number of β-amino-alcohol motifs (C(OH)–C–C–N with tert-alkyl or cyclic N) is 1. The second kappa shape index (κ2) is 17.2. The molecule has 3 N–H and O–H groups in total. The molecule has 17 heteroatoms. The highest BCUT2D eigenvalue weighted by atomic mass is 32.1. The molecule has 63 heavy (non-hydrogen) atoms. The van der Waals surface area contributed by atoms with Gasteiger partial charge in [-0.3, -0.25) is 9.59 Å². The number of aliphatic hydroxyl groups excluding tert-OH is 1. The molecule has 2 saturated heterocycles. The Kier molecular flexibility index (Phi) is 11.4. The van der Waals surface area contributed by atoms with Crippen molar-refractivity contribution in [3.63, 3.8) is 0 Å². The maximum atomic E-state index is 14.3. The summed E-state index contributed by atoms with van der Waals surface area (Å²) in [4.78, 5) is 48.8. The summed E-state index contributed by atoms with van der Waals surface area (Å²) in [6, 6.07) is 19.7. The lowest BCUT2D eigenvalue weighted by atomic mass is 9.91. The Hall–Kier alpha value is -6.72. The molecule has 9 rings (SSSR count). The van der Waals surface area contributed by atoms with E-state index in [0.29, 0.717) is 47.3 Å².